The highest BCUT2D eigenvalue weighted by atomic mass is 32.1. The van der Waals surface area contributed by atoms with Crippen molar-refractivity contribution in [2.24, 2.45) is 0 Å². The van der Waals surface area contributed by atoms with Gasteiger partial charge in [0.25, 0.3) is 17.7 Å². The van der Waals surface area contributed by atoms with E-state index < -0.39 is 12.1 Å². The second kappa shape index (κ2) is 15.4. The molecule has 2 aliphatic heterocycles. The molecule has 4 heterocycles. The normalized spacial score (nSPS) is 19.1. The number of nitrogens with zero attached hydrogens (tertiary/aromatic N) is 4. The first-order valence-electron chi connectivity index (χ1n) is 16.5. The fraction of sp³-hybridized carbons (Fsp3) is 0.361. The van der Waals surface area contributed by atoms with Crippen LogP contribution in [0.15, 0.2) is 73.1 Å². The van der Waals surface area contributed by atoms with Gasteiger partial charge in [-0.2, -0.15) is 5.10 Å². The molecule has 2 aromatic carbocycles. The number of hydrogen-bond acceptors (Lipinski definition) is 8. The van der Waals surface area contributed by atoms with E-state index in [0.717, 1.165) is 10.6 Å². The molecule has 0 aliphatic carbocycles. The maximum Gasteiger partial charge on any atom is 0.263 e. The molecule has 13 heteroatoms. The van der Waals surface area contributed by atoms with Gasteiger partial charge >= 0.3 is 0 Å². The number of carbonyl (C=O) groups excluding carboxylic acids is 4. The Morgan fingerprint density at radius 3 is 2.49 bits per heavy atom. The van der Waals surface area contributed by atoms with Gasteiger partial charge in [0.1, 0.15) is 12.1 Å². The minimum atomic E-state index is -0.775. The second-order valence-electron chi connectivity index (χ2n) is 12.1. The molecule has 0 saturated carbocycles. The number of amides is 4. The lowest BCUT2D eigenvalue weighted by molar-refractivity contribution is -0.124. The van der Waals surface area contributed by atoms with Crippen LogP contribution >= 0.6 is 11.3 Å². The third-order valence-electron chi connectivity index (χ3n) is 8.71. The molecule has 2 N–H and O–H groups in total. The summed E-state index contributed by atoms with van der Waals surface area (Å²) in [7, 11) is 1.52. The van der Waals surface area contributed by atoms with E-state index in [2.05, 4.69) is 15.7 Å². The van der Waals surface area contributed by atoms with E-state index in [0.29, 0.717) is 72.9 Å². The number of aryl methyl sites for hydroxylation is 1. The molecule has 1 saturated heterocycles. The third kappa shape index (κ3) is 7.94. The van der Waals surface area contributed by atoms with Crippen LogP contribution in [0.2, 0.25) is 0 Å². The van der Waals surface area contributed by atoms with E-state index in [1.807, 2.05) is 48.4 Å². The predicted molar refractivity (Wildman–Crippen MR) is 185 cm³/mol. The molecule has 4 aromatic rings. The predicted octanol–water partition coefficient (Wildman–Crippen LogP) is 4.09. The zero-order chi connectivity index (χ0) is 34.3. The van der Waals surface area contributed by atoms with Crippen LogP contribution in [0.5, 0.6) is 11.5 Å². The zero-order valence-electron chi connectivity index (χ0n) is 27.6. The van der Waals surface area contributed by atoms with Crippen molar-refractivity contribution in [3.8, 4) is 17.2 Å². The highest BCUT2D eigenvalue weighted by Crippen LogP contribution is 2.32. The van der Waals surface area contributed by atoms with Gasteiger partial charge in [0.05, 0.1) is 24.2 Å². The Hall–Kier alpha value is -5.17. The number of thiophene rings is 1. The summed E-state index contributed by atoms with van der Waals surface area (Å²) in [4.78, 5) is 59.2. The monoisotopic (exact) mass is 684 g/mol. The molecule has 4 amide bonds. The van der Waals surface area contributed by atoms with Crippen molar-refractivity contribution >= 4 is 35.0 Å². The Balaban J connectivity index is 1.23. The van der Waals surface area contributed by atoms with Gasteiger partial charge in [0.15, 0.2) is 11.5 Å². The highest BCUT2D eigenvalue weighted by Gasteiger charge is 2.41. The van der Waals surface area contributed by atoms with Crippen LogP contribution < -0.4 is 20.1 Å². The average Bonchev–Trinajstić information content (AvgIpc) is 3.90. The summed E-state index contributed by atoms with van der Waals surface area (Å²) in [5, 5.41) is 10.2. The molecule has 256 valence electrons. The van der Waals surface area contributed by atoms with E-state index in [1.165, 1.54) is 18.4 Å². The first-order valence-corrected chi connectivity index (χ1v) is 17.3. The molecule has 2 aromatic heterocycles. The van der Waals surface area contributed by atoms with Crippen LogP contribution in [0.1, 0.15) is 60.9 Å². The molecule has 0 unspecified atom stereocenters. The summed E-state index contributed by atoms with van der Waals surface area (Å²) in [6, 6.07) is 16.8. The summed E-state index contributed by atoms with van der Waals surface area (Å²) in [5.74, 6) is -0.110. The summed E-state index contributed by atoms with van der Waals surface area (Å²) in [6.45, 7) is 3.90. The Kier molecular flexibility index (Phi) is 10.6. The SMILES string of the molecule is COc1ccc2cc1O[C@H]1C[C@@H](C(=O)NCCCCN(C(=O)c3ccc(C)s3)CCCNC2=O)N(C(=O)c2ccc(-n3cccn3)cc2)C1. The van der Waals surface area contributed by atoms with Crippen molar-refractivity contribution in [3.05, 3.63) is 93.9 Å². The topological polar surface area (TPSA) is 135 Å². The van der Waals surface area contributed by atoms with Crippen LogP contribution in [-0.4, -0.2) is 95.2 Å². The van der Waals surface area contributed by atoms with Gasteiger partial charge in [0, 0.05) is 61.0 Å². The van der Waals surface area contributed by atoms with Gasteiger partial charge in [-0.15, -0.1) is 11.3 Å². The van der Waals surface area contributed by atoms with Crippen LogP contribution in [0.25, 0.3) is 5.69 Å². The number of hydrogen-bond donors (Lipinski definition) is 2. The van der Waals surface area contributed by atoms with Crippen LogP contribution in [0, 0.1) is 6.92 Å². The molecule has 0 radical (unpaired) electrons. The summed E-state index contributed by atoms with van der Waals surface area (Å²) in [5.41, 5.74) is 1.62. The summed E-state index contributed by atoms with van der Waals surface area (Å²) < 4.78 is 13.6. The number of aromatic nitrogens is 2. The van der Waals surface area contributed by atoms with Crippen LogP contribution in [-0.2, 0) is 4.79 Å². The van der Waals surface area contributed by atoms with Gasteiger partial charge in [-0.25, -0.2) is 4.68 Å². The van der Waals surface area contributed by atoms with Gasteiger partial charge in [0.2, 0.25) is 5.91 Å². The van der Waals surface area contributed by atoms with Crippen molar-refractivity contribution in [1.29, 1.82) is 0 Å². The number of fused-ring (bicyclic) bond motifs is 4. The smallest absolute Gasteiger partial charge is 0.263 e. The molecule has 0 spiro atoms. The zero-order valence-corrected chi connectivity index (χ0v) is 28.4. The van der Waals surface area contributed by atoms with E-state index in [9.17, 15) is 19.2 Å². The fourth-order valence-corrected chi connectivity index (χ4v) is 6.98. The molecule has 6 rings (SSSR count). The van der Waals surface area contributed by atoms with Crippen molar-refractivity contribution in [2.75, 3.05) is 39.8 Å². The average molecular weight is 685 g/mol. The summed E-state index contributed by atoms with van der Waals surface area (Å²) >= 11 is 1.46. The lowest BCUT2D eigenvalue weighted by Gasteiger charge is -2.24. The highest BCUT2D eigenvalue weighted by molar-refractivity contribution is 7.13. The number of nitrogens with one attached hydrogen (secondary N) is 2. The molecule has 2 atom stereocenters. The van der Waals surface area contributed by atoms with Gasteiger partial charge in [-0.3, -0.25) is 19.2 Å². The minimum Gasteiger partial charge on any atom is -0.493 e. The van der Waals surface area contributed by atoms with Crippen molar-refractivity contribution in [2.45, 2.75) is 44.8 Å². The Morgan fingerprint density at radius 1 is 0.959 bits per heavy atom. The standard InChI is InChI=1S/C36H40N6O6S/c1-24-7-14-32(49-24)36(46)40-18-4-3-15-38-34(44)29-22-28(48-31-21-26(10-13-30(31)47-2)33(43)37-16-5-19-40)23-41(29)35(45)25-8-11-27(12-9-25)42-20-6-17-39-42/h6-14,17,20-21,28-29H,3-5,15-16,18-19,22-23H2,1-2H3,(H,37,43)(H,38,44)/t28-,29-/m0/s1. The van der Waals surface area contributed by atoms with E-state index in [-0.39, 0.29) is 36.6 Å². The molecule has 4 bridgehead atoms. The minimum absolute atomic E-state index is 0.0416. The first-order chi connectivity index (χ1) is 23.8. The summed E-state index contributed by atoms with van der Waals surface area (Å²) in [6.07, 6.45) is 5.13. The Labute approximate surface area is 289 Å². The van der Waals surface area contributed by atoms with Gasteiger partial charge < -0.3 is 29.9 Å². The largest absolute Gasteiger partial charge is 0.493 e. The number of methoxy groups -OCH3 is 1. The van der Waals surface area contributed by atoms with Gasteiger partial charge in [-0.05, 0) is 86.8 Å². The molecule has 2 aliphatic rings. The number of ether oxygens (including phenoxy) is 2. The molecule has 49 heavy (non-hydrogen) atoms. The van der Waals surface area contributed by atoms with Crippen molar-refractivity contribution in [3.63, 3.8) is 0 Å². The van der Waals surface area contributed by atoms with E-state index >= 15 is 0 Å². The lowest BCUT2D eigenvalue weighted by atomic mass is 10.1. The number of rotatable bonds is 4. The van der Waals surface area contributed by atoms with Crippen molar-refractivity contribution in [1.82, 2.24) is 30.2 Å². The van der Waals surface area contributed by atoms with Crippen molar-refractivity contribution < 1.29 is 28.7 Å². The molecule has 12 nitrogen and oxygen atoms in total. The fourth-order valence-electron chi connectivity index (χ4n) is 6.14. The molecular formula is C36H40N6O6S. The number of benzene rings is 2. The number of carbonyl (C=O) groups is 4. The molecular weight excluding hydrogens is 644 g/mol. The maximum atomic E-state index is 13.9. The Bertz CT molecular complexity index is 1790. The van der Waals surface area contributed by atoms with E-state index in [1.54, 1.807) is 46.1 Å². The third-order valence-corrected chi connectivity index (χ3v) is 9.70. The van der Waals surface area contributed by atoms with Gasteiger partial charge in [-0.1, -0.05) is 0 Å². The van der Waals surface area contributed by atoms with E-state index in [4.69, 9.17) is 9.47 Å². The molecule has 1 fully saturated rings. The maximum absolute atomic E-state index is 13.9. The van der Waals surface area contributed by atoms with Crippen LogP contribution in [0.4, 0.5) is 0 Å². The first kappa shape index (κ1) is 33.7. The second-order valence-corrected chi connectivity index (χ2v) is 13.4. The lowest BCUT2D eigenvalue weighted by Crippen LogP contribution is -2.46. The quantitative estimate of drug-likeness (QED) is 0.331. The van der Waals surface area contributed by atoms with Crippen LogP contribution in [0.3, 0.4) is 0 Å². The number of likely N-dealkylation sites (tertiary alicyclic amines) is 1. The Morgan fingerprint density at radius 2 is 1.76 bits per heavy atom.